The maximum Gasteiger partial charge on any atom is 0.258 e. The Morgan fingerprint density at radius 2 is 1.79 bits per heavy atom. The average Bonchev–Trinajstić information content (AvgIpc) is 2.78. The number of H-pyrrole nitrogens is 1. The molecule has 174 valence electrons. The Balaban J connectivity index is 1.20. The number of carbonyl (C=O) groups excluding carboxylic acids is 1. The van der Waals surface area contributed by atoms with Crippen molar-refractivity contribution in [1.82, 2.24) is 20.2 Å². The van der Waals surface area contributed by atoms with E-state index in [1.165, 1.54) is 5.56 Å². The third-order valence-electron chi connectivity index (χ3n) is 5.89. The molecule has 1 aromatic heterocycles. The molecule has 2 atom stereocenters. The summed E-state index contributed by atoms with van der Waals surface area (Å²) in [6, 6.07) is 15.7. The first-order valence-electron chi connectivity index (χ1n) is 11.7. The Morgan fingerprint density at radius 1 is 1.09 bits per heavy atom. The summed E-state index contributed by atoms with van der Waals surface area (Å²) in [5.41, 5.74) is 2.89. The molecule has 7 heteroatoms. The maximum absolute atomic E-state index is 12.3. The summed E-state index contributed by atoms with van der Waals surface area (Å²) in [4.78, 5) is 34.1. The first-order chi connectivity index (χ1) is 16.0. The lowest BCUT2D eigenvalue weighted by molar-refractivity contribution is -0.121. The summed E-state index contributed by atoms with van der Waals surface area (Å²) >= 11 is 0. The van der Waals surface area contributed by atoms with Gasteiger partial charge in [-0.05, 0) is 43.5 Å². The van der Waals surface area contributed by atoms with Crippen LogP contribution in [0.1, 0.15) is 43.6 Å². The normalized spacial score (nSPS) is 19.0. The molecule has 1 aliphatic rings. The molecule has 2 aromatic carbocycles. The molecule has 1 fully saturated rings. The highest BCUT2D eigenvalue weighted by Gasteiger charge is 2.21. The standard InChI is InChI=1S/C26H32N4O3/c1-18-15-30(16-19(2)33-18)17-21-12-10-20(11-13-21)14-27-25(31)9-5-8-24-28-23-7-4-3-6-22(23)26(32)29-24/h3-4,6-7,10-13,18-19H,5,8-9,14-17H2,1-2H3,(H,27,31)(H,28,29,32)/t18-,19+. The van der Waals surface area contributed by atoms with Crippen LogP contribution in [0.2, 0.25) is 0 Å². The van der Waals surface area contributed by atoms with Gasteiger partial charge in [0, 0.05) is 39.0 Å². The molecule has 2 heterocycles. The van der Waals surface area contributed by atoms with Crippen LogP contribution in [0.4, 0.5) is 0 Å². The molecule has 0 radical (unpaired) electrons. The molecule has 4 rings (SSSR count). The maximum atomic E-state index is 12.3. The van der Waals surface area contributed by atoms with Gasteiger partial charge in [-0.15, -0.1) is 0 Å². The van der Waals surface area contributed by atoms with Crippen molar-refractivity contribution in [2.24, 2.45) is 0 Å². The van der Waals surface area contributed by atoms with E-state index in [-0.39, 0.29) is 23.7 Å². The van der Waals surface area contributed by atoms with Gasteiger partial charge >= 0.3 is 0 Å². The first kappa shape index (κ1) is 23.1. The van der Waals surface area contributed by atoms with Crippen LogP contribution in [0.5, 0.6) is 0 Å². The second-order valence-electron chi connectivity index (χ2n) is 8.93. The van der Waals surface area contributed by atoms with E-state index in [9.17, 15) is 9.59 Å². The largest absolute Gasteiger partial charge is 0.373 e. The second kappa shape index (κ2) is 10.7. The van der Waals surface area contributed by atoms with E-state index in [2.05, 4.69) is 58.3 Å². The number of carbonyl (C=O) groups is 1. The summed E-state index contributed by atoms with van der Waals surface area (Å²) in [5.74, 6) is 0.615. The molecule has 1 amide bonds. The zero-order valence-electron chi connectivity index (χ0n) is 19.3. The lowest BCUT2D eigenvalue weighted by Crippen LogP contribution is -2.44. The van der Waals surface area contributed by atoms with Crippen molar-refractivity contribution >= 4 is 16.8 Å². The van der Waals surface area contributed by atoms with Gasteiger partial charge in [-0.2, -0.15) is 0 Å². The number of para-hydroxylation sites is 1. The molecule has 3 aromatic rings. The van der Waals surface area contributed by atoms with Crippen molar-refractivity contribution in [3.8, 4) is 0 Å². The lowest BCUT2D eigenvalue weighted by atomic mass is 10.1. The van der Waals surface area contributed by atoms with Crippen LogP contribution >= 0.6 is 0 Å². The number of fused-ring (bicyclic) bond motifs is 1. The summed E-state index contributed by atoms with van der Waals surface area (Å²) in [6.07, 6.45) is 2.10. The fourth-order valence-corrected chi connectivity index (χ4v) is 4.39. The van der Waals surface area contributed by atoms with Gasteiger partial charge in [0.25, 0.3) is 5.56 Å². The van der Waals surface area contributed by atoms with Crippen molar-refractivity contribution in [3.63, 3.8) is 0 Å². The molecule has 33 heavy (non-hydrogen) atoms. The van der Waals surface area contributed by atoms with E-state index >= 15 is 0 Å². The Hall–Kier alpha value is -3.03. The van der Waals surface area contributed by atoms with Crippen LogP contribution in [-0.2, 0) is 29.0 Å². The summed E-state index contributed by atoms with van der Waals surface area (Å²) in [7, 11) is 0. The molecule has 1 saturated heterocycles. The van der Waals surface area contributed by atoms with Crippen molar-refractivity contribution < 1.29 is 9.53 Å². The fourth-order valence-electron chi connectivity index (χ4n) is 4.39. The Bertz CT molecular complexity index is 1130. The smallest absolute Gasteiger partial charge is 0.258 e. The minimum absolute atomic E-state index is 0.00138. The van der Waals surface area contributed by atoms with Gasteiger partial charge in [-0.3, -0.25) is 14.5 Å². The van der Waals surface area contributed by atoms with Gasteiger partial charge < -0.3 is 15.0 Å². The quantitative estimate of drug-likeness (QED) is 0.553. The van der Waals surface area contributed by atoms with Crippen LogP contribution in [-0.4, -0.2) is 46.1 Å². The highest BCUT2D eigenvalue weighted by molar-refractivity contribution is 5.77. The van der Waals surface area contributed by atoms with E-state index in [0.29, 0.717) is 42.5 Å². The van der Waals surface area contributed by atoms with Gasteiger partial charge in [-0.1, -0.05) is 36.4 Å². The Kier molecular flexibility index (Phi) is 7.52. The summed E-state index contributed by atoms with van der Waals surface area (Å²) in [5, 5.41) is 3.56. The second-order valence-corrected chi connectivity index (χ2v) is 8.93. The minimum Gasteiger partial charge on any atom is -0.373 e. The molecule has 0 spiro atoms. The topological polar surface area (TPSA) is 87.3 Å². The van der Waals surface area contributed by atoms with Gasteiger partial charge in [0.1, 0.15) is 5.82 Å². The number of hydrogen-bond acceptors (Lipinski definition) is 5. The monoisotopic (exact) mass is 448 g/mol. The molecule has 0 bridgehead atoms. The highest BCUT2D eigenvalue weighted by atomic mass is 16.5. The molecule has 7 nitrogen and oxygen atoms in total. The number of morpholine rings is 1. The number of amides is 1. The van der Waals surface area contributed by atoms with Crippen molar-refractivity contribution in [2.75, 3.05) is 13.1 Å². The third kappa shape index (κ3) is 6.49. The summed E-state index contributed by atoms with van der Waals surface area (Å²) < 4.78 is 5.80. The molecule has 2 N–H and O–H groups in total. The van der Waals surface area contributed by atoms with Crippen LogP contribution in [0.15, 0.2) is 53.3 Å². The number of benzene rings is 2. The molecule has 0 aliphatic carbocycles. The minimum atomic E-state index is -0.138. The SMILES string of the molecule is C[C@@H]1CN(Cc2ccc(CNC(=O)CCCc3nc4ccccc4c(=O)[nH]3)cc2)C[C@H](C)O1. The van der Waals surface area contributed by atoms with Crippen molar-refractivity contribution in [1.29, 1.82) is 0 Å². The predicted molar refractivity (Wildman–Crippen MR) is 129 cm³/mol. The van der Waals surface area contributed by atoms with Crippen LogP contribution in [0, 0.1) is 0 Å². The zero-order valence-corrected chi connectivity index (χ0v) is 19.3. The van der Waals surface area contributed by atoms with Crippen molar-refractivity contribution in [3.05, 3.63) is 75.8 Å². The Labute approximate surface area is 194 Å². The van der Waals surface area contributed by atoms with Crippen LogP contribution < -0.4 is 10.9 Å². The number of aromatic nitrogens is 2. The number of rotatable bonds is 8. The summed E-state index contributed by atoms with van der Waals surface area (Å²) in [6.45, 7) is 7.55. The molecular formula is C26H32N4O3. The van der Waals surface area contributed by atoms with E-state index < -0.39 is 0 Å². The molecule has 0 saturated carbocycles. The molecule has 0 unspecified atom stereocenters. The number of nitrogens with zero attached hydrogens (tertiary/aromatic N) is 2. The van der Waals surface area contributed by atoms with E-state index in [0.717, 1.165) is 25.2 Å². The van der Waals surface area contributed by atoms with Crippen molar-refractivity contribution in [2.45, 2.75) is 58.4 Å². The van der Waals surface area contributed by atoms with Crippen LogP contribution in [0.25, 0.3) is 10.9 Å². The first-order valence-corrected chi connectivity index (χ1v) is 11.7. The molecular weight excluding hydrogens is 416 g/mol. The number of hydrogen-bond donors (Lipinski definition) is 2. The highest BCUT2D eigenvalue weighted by Crippen LogP contribution is 2.15. The number of aryl methyl sites for hydroxylation is 1. The van der Waals surface area contributed by atoms with Gasteiger partial charge in [-0.25, -0.2) is 4.98 Å². The Morgan fingerprint density at radius 3 is 2.55 bits per heavy atom. The number of aromatic amines is 1. The number of ether oxygens (including phenoxy) is 1. The molecule has 1 aliphatic heterocycles. The zero-order chi connectivity index (χ0) is 23.2. The van der Waals surface area contributed by atoms with E-state index in [4.69, 9.17) is 4.74 Å². The predicted octanol–water partition coefficient (Wildman–Crippen LogP) is 3.17. The van der Waals surface area contributed by atoms with Gasteiger partial charge in [0.15, 0.2) is 0 Å². The van der Waals surface area contributed by atoms with Gasteiger partial charge in [0.2, 0.25) is 5.91 Å². The number of nitrogens with one attached hydrogen (secondary N) is 2. The average molecular weight is 449 g/mol. The fraction of sp³-hybridized carbons (Fsp3) is 0.423. The van der Waals surface area contributed by atoms with Crippen LogP contribution in [0.3, 0.4) is 0 Å². The third-order valence-corrected chi connectivity index (χ3v) is 5.89. The van der Waals surface area contributed by atoms with Gasteiger partial charge in [0.05, 0.1) is 23.1 Å². The lowest BCUT2D eigenvalue weighted by Gasteiger charge is -2.35. The van der Waals surface area contributed by atoms with E-state index in [1.54, 1.807) is 6.07 Å². The van der Waals surface area contributed by atoms with E-state index in [1.807, 2.05) is 18.2 Å².